The lowest BCUT2D eigenvalue weighted by molar-refractivity contribution is 0.340. The average Bonchev–Trinajstić information content (AvgIpc) is 2.60. The van der Waals surface area contributed by atoms with Crippen molar-refractivity contribution in [3.63, 3.8) is 0 Å². The summed E-state index contributed by atoms with van der Waals surface area (Å²) in [4.78, 5) is -0.164. The number of ether oxygens (including phenoxy) is 1. The van der Waals surface area contributed by atoms with Gasteiger partial charge in [0.2, 0.25) is 10.0 Å². The standard InChI is InChI=1S/C17H23N3O5S2/c1-3-11-19-16-10-9-15(26(18,21)22)12-17(16)20-27(23,24)14-7-5-13(6-8-14)25-4-2/h5-10,12,19-20H,3-4,11H2,1-2H3,(H2,18,21,22). The molecule has 27 heavy (non-hydrogen) atoms. The Bertz CT molecular complexity index is 988. The molecule has 4 N–H and O–H groups in total. The zero-order valence-corrected chi connectivity index (χ0v) is 16.7. The zero-order chi connectivity index (χ0) is 20.1. The van der Waals surface area contributed by atoms with Gasteiger partial charge in [-0.15, -0.1) is 0 Å². The molecule has 0 aliphatic carbocycles. The van der Waals surface area contributed by atoms with Crippen molar-refractivity contribution in [2.24, 2.45) is 5.14 Å². The molecule has 148 valence electrons. The van der Waals surface area contributed by atoms with Crippen LogP contribution in [0.4, 0.5) is 11.4 Å². The van der Waals surface area contributed by atoms with E-state index in [9.17, 15) is 16.8 Å². The number of anilines is 2. The molecule has 0 aromatic heterocycles. The summed E-state index contributed by atoms with van der Waals surface area (Å²) in [6.45, 7) is 4.84. The number of nitrogens with one attached hydrogen (secondary N) is 2. The monoisotopic (exact) mass is 413 g/mol. The predicted octanol–water partition coefficient (Wildman–Crippen LogP) is 2.36. The highest BCUT2D eigenvalue weighted by Crippen LogP contribution is 2.28. The molecule has 2 aromatic carbocycles. The minimum atomic E-state index is -3.97. The van der Waals surface area contributed by atoms with Crippen molar-refractivity contribution in [3.05, 3.63) is 42.5 Å². The molecule has 0 bridgehead atoms. The average molecular weight is 414 g/mol. The van der Waals surface area contributed by atoms with E-state index in [1.165, 1.54) is 30.3 Å². The van der Waals surface area contributed by atoms with Crippen LogP contribution in [0.25, 0.3) is 0 Å². The van der Waals surface area contributed by atoms with Crippen molar-refractivity contribution in [3.8, 4) is 5.75 Å². The van der Waals surface area contributed by atoms with Crippen LogP contribution >= 0.6 is 0 Å². The first kappa shape index (κ1) is 21.0. The van der Waals surface area contributed by atoms with Gasteiger partial charge in [0, 0.05) is 6.54 Å². The van der Waals surface area contributed by atoms with Crippen molar-refractivity contribution in [1.82, 2.24) is 0 Å². The number of hydrogen-bond acceptors (Lipinski definition) is 6. The molecule has 0 unspecified atom stereocenters. The molecule has 0 amide bonds. The SMILES string of the molecule is CCCNc1ccc(S(N)(=O)=O)cc1NS(=O)(=O)c1ccc(OCC)cc1. The van der Waals surface area contributed by atoms with Crippen LogP contribution in [0.3, 0.4) is 0 Å². The Hall–Kier alpha value is -2.30. The molecule has 0 aliphatic rings. The van der Waals surface area contributed by atoms with Crippen molar-refractivity contribution < 1.29 is 21.6 Å². The normalized spacial score (nSPS) is 11.8. The fourth-order valence-electron chi connectivity index (χ4n) is 2.28. The maximum Gasteiger partial charge on any atom is 0.261 e. The van der Waals surface area contributed by atoms with Gasteiger partial charge in [-0.3, -0.25) is 4.72 Å². The van der Waals surface area contributed by atoms with E-state index >= 15 is 0 Å². The van der Waals surface area contributed by atoms with Crippen molar-refractivity contribution in [2.45, 2.75) is 30.1 Å². The van der Waals surface area contributed by atoms with E-state index in [0.29, 0.717) is 24.6 Å². The maximum atomic E-state index is 12.7. The van der Waals surface area contributed by atoms with Gasteiger partial charge >= 0.3 is 0 Å². The fourth-order valence-corrected chi connectivity index (χ4v) is 3.89. The summed E-state index contributed by atoms with van der Waals surface area (Å²) < 4.78 is 56.3. The molecule has 0 saturated carbocycles. The van der Waals surface area contributed by atoms with Crippen LogP contribution < -0.4 is 19.9 Å². The summed E-state index contributed by atoms with van der Waals surface area (Å²) in [5.41, 5.74) is 0.558. The Morgan fingerprint density at radius 1 is 0.926 bits per heavy atom. The smallest absolute Gasteiger partial charge is 0.261 e. The molecule has 0 atom stereocenters. The molecule has 10 heteroatoms. The number of primary sulfonamides is 1. The lowest BCUT2D eigenvalue weighted by Gasteiger charge is -2.15. The van der Waals surface area contributed by atoms with E-state index in [-0.39, 0.29) is 15.5 Å². The first-order chi connectivity index (χ1) is 12.7. The summed E-state index contributed by atoms with van der Waals surface area (Å²) in [6, 6.07) is 9.92. The maximum absolute atomic E-state index is 12.7. The number of benzene rings is 2. The summed E-state index contributed by atoms with van der Waals surface area (Å²) >= 11 is 0. The molecule has 0 saturated heterocycles. The number of rotatable bonds is 9. The molecular formula is C17H23N3O5S2. The van der Waals surface area contributed by atoms with Crippen LogP contribution in [0, 0.1) is 0 Å². The van der Waals surface area contributed by atoms with Crippen molar-refractivity contribution in [1.29, 1.82) is 0 Å². The summed E-state index contributed by atoms with van der Waals surface area (Å²) in [5, 5.41) is 8.22. The molecule has 0 radical (unpaired) electrons. The van der Waals surface area contributed by atoms with Crippen LogP contribution in [-0.2, 0) is 20.0 Å². The van der Waals surface area contributed by atoms with E-state index in [4.69, 9.17) is 9.88 Å². The van der Waals surface area contributed by atoms with E-state index in [1.54, 1.807) is 12.1 Å². The minimum absolute atomic E-state index is 0.0217. The summed E-state index contributed by atoms with van der Waals surface area (Å²) in [6.07, 6.45) is 0.808. The molecule has 8 nitrogen and oxygen atoms in total. The second kappa shape index (κ2) is 8.59. The highest BCUT2D eigenvalue weighted by atomic mass is 32.2. The zero-order valence-electron chi connectivity index (χ0n) is 15.1. The third-order valence-electron chi connectivity index (χ3n) is 3.57. The van der Waals surface area contributed by atoms with Gasteiger partial charge in [-0.25, -0.2) is 22.0 Å². The molecular weight excluding hydrogens is 390 g/mol. The van der Waals surface area contributed by atoms with E-state index in [2.05, 4.69) is 10.0 Å². The Morgan fingerprint density at radius 3 is 2.11 bits per heavy atom. The Kier molecular flexibility index (Phi) is 6.68. The first-order valence-electron chi connectivity index (χ1n) is 8.33. The van der Waals surface area contributed by atoms with Crippen LogP contribution in [-0.4, -0.2) is 30.0 Å². The highest BCUT2D eigenvalue weighted by Gasteiger charge is 2.18. The summed E-state index contributed by atoms with van der Waals surface area (Å²) in [7, 11) is -7.91. The van der Waals surface area contributed by atoms with E-state index < -0.39 is 20.0 Å². The molecule has 0 aliphatic heterocycles. The Balaban J connectivity index is 2.39. The quantitative estimate of drug-likeness (QED) is 0.579. The lowest BCUT2D eigenvalue weighted by Crippen LogP contribution is -2.17. The first-order valence-corrected chi connectivity index (χ1v) is 11.4. The lowest BCUT2D eigenvalue weighted by atomic mass is 10.2. The van der Waals surface area contributed by atoms with Crippen LogP contribution in [0.2, 0.25) is 0 Å². The van der Waals surface area contributed by atoms with Gasteiger partial charge in [0.25, 0.3) is 10.0 Å². The molecule has 0 heterocycles. The number of nitrogens with two attached hydrogens (primary N) is 1. The van der Waals surface area contributed by atoms with Gasteiger partial charge in [-0.1, -0.05) is 6.92 Å². The highest BCUT2D eigenvalue weighted by molar-refractivity contribution is 7.92. The second-order valence-electron chi connectivity index (χ2n) is 5.69. The molecule has 2 aromatic rings. The number of hydrogen-bond donors (Lipinski definition) is 3. The summed E-state index contributed by atoms with van der Waals surface area (Å²) in [5.74, 6) is 0.554. The molecule has 0 spiro atoms. The second-order valence-corrected chi connectivity index (χ2v) is 8.93. The van der Waals surface area contributed by atoms with Crippen molar-refractivity contribution in [2.75, 3.05) is 23.2 Å². The third-order valence-corrected chi connectivity index (χ3v) is 5.87. The van der Waals surface area contributed by atoms with E-state index in [0.717, 1.165) is 6.42 Å². The molecule has 0 fully saturated rings. The van der Waals surface area contributed by atoms with Gasteiger partial charge < -0.3 is 10.1 Å². The Labute approximate surface area is 159 Å². The van der Waals surface area contributed by atoms with Gasteiger partial charge in [-0.2, -0.15) is 0 Å². The van der Waals surface area contributed by atoms with Crippen LogP contribution in [0.15, 0.2) is 52.3 Å². The van der Waals surface area contributed by atoms with E-state index in [1.807, 2.05) is 13.8 Å². The fraction of sp³-hybridized carbons (Fsp3) is 0.294. The van der Waals surface area contributed by atoms with Crippen molar-refractivity contribution >= 4 is 31.4 Å². The topological polar surface area (TPSA) is 128 Å². The predicted molar refractivity (Wildman–Crippen MR) is 105 cm³/mol. The largest absolute Gasteiger partial charge is 0.494 e. The van der Waals surface area contributed by atoms with Gasteiger partial charge in [-0.05, 0) is 55.8 Å². The van der Waals surface area contributed by atoms with Gasteiger partial charge in [0.05, 0.1) is 27.8 Å². The van der Waals surface area contributed by atoms with Crippen LogP contribution in [0.5, 0.6) is 5.75 Å². The van der Waals surface area contributed by atoms with Gasteiger partial charge in [0.1, 0.15) is 5.75 Å². The molecule has 2 rings (SSSR count). The van der Waals surface area contributed by atoms with Crippen LogP contribution in [0.1, 0.15) is 20.3 Å². The number of sulfonamides is 2. The van der Waals surface area contributed by atoms with Gasteiger partial charge in [0.15, 0.2) is 0 Å². The third kappa shape index (κ3) is 5.59. The Morgan fingerprint density at radius 2 is 1.56 bits per heavy atom. The minimum Gasteiger partial charge on any atom is -0.494 e.